The van der Waals surface area contributed by atoms with Crippen LogP contribution in [0.1, 0.15) is 23.1 Å². The van der Waals surface area contributed by atoms with Gasteiger partial charge >= 0.3 is 0 Å². The summed E-state index contributed by atoms with van der Waals surface area (Å²) in [5, 5.41) is 1.20. The minimum atomic E-state index is -3.54. The molecule has 0 amide bonds. The van der Waals surface area contributed by atoms with Crippen LogP contribution < -0.4 is 4.72 Å². The quantitative estimate of drug-likeness (QED) is 0.804. The monoisotopic (exact) mass is 376 g/mol. The Morgan fingerprint density at radius 1 is 1.15 bits per heavy atom. The van der Waals surface area contributed by atoms with Gasteiger partial charge in [-0.1, -0.05) is 30.3 Å². The zero-order valence-corrected chi connectivity index (χ0v) is 15.6. The van der Waals surface area contributed by atoms with Crippen molar-refractivity contribution in [3.8, 4) is 0 Å². The molecule has 2 heterocycles. The lowest BCUT2D eigenvalue weighted by Gasteiger charge is -2.33. The molecule has 0 radical (unpaired) electrons. The molecule has 0 bridgehead atoms. The largest absolute Gasteiger partial charge is 0.465 e. The van der Waals surface area contributed by atoms with E-state index in [-0.39, 0.29) is 12.6 Å². The average Bonchev–Trinajstić information content (AvgIpc) is 3.08. The molecule has 0 saturated carbocycles. The lowest BCUT2D eigenvalue weighted by molar-refractivity contribution is 0.0127. The molecule has 1 aromatic carbocycles. The van der Waals surface area contributed by atoms with Crippen LogP contribution in [0, 0.1) is 6.92 Å². The first-order valence-electron chi connectivity index (χ1n) is 8.64. The van der Waals surface area contributed by atoms with E-state index >= 15 is 0 Å². The molecule has 1 saturated heterocycles. The molecule has 1 aromatic heterocycles. The van der Waals surface area contributed by atoms with Gasteiger partial charge in [-0.3, -0.25) is 4.90 Å². The van der Waals surface area contributed by atoms with Gasteiger partial charge in [-0.25, -0.2) is 13.1 Å². The zero-order chi connectivity index (χ0) is 18.4. The second-order valence-corrected chi connectivity index (χ2v) is 7.87. The Labute approximate surface area is 154 Å². The van der Waals surface area contributed by atoms with E-state index in [9.17, 15) is 8.42 Å². The first-order chi connectivity index (χ1) is 12.5. The molecule has 6 nitrogen and oxygen atoms in total. The Kier molecular flexibility index (Phi) is 6.26. The topological polar surface area (TPSA) is 71.8 Å². The highest BCUT2D eigenvalue weighted by atomic mass is 32.2. The van der Waals surface area contributed by atoms with Crippen LogP contribution in [0.25, 0.3) is 6.08 Å². The molecular weight excluding hydrogens is 352 g/mol. The number of furan rings is 1. The zero-order valence-electron chi connectivity index (χ0n) is 14.8. The Morgan fingerprint density at radius 3 is 2.54 bits per heavy atom. The van der Waals surface area contributed by atoms with Crippen molar-refractivity contribution in [2.75, 3.05) is 32.8 Å². The minimum Gasteiger partial charge on any atom is -0.465 e. The molecule has 1 aliphatic heterocycles. The van der Waals surface area contributed by atoms with Crippen molar-refractivity contribution in [3.05, 3.63) is 65.0 Å². The average molecular weight is 376 g/mol. The van der Waals surface area contributed by atoms with Crippen LogP contribution in [0.3, 0.4) is 0 Å². The van der Waals surface area contributed by atoms with E-state index in [1.165, 1.54) is 5.41 Å². The van der Waals surface area contributed by atoms with Gasteiger partial charge < -0.3 is 9.15 Å². The van der Waals surface area contributed by atoms with E-state index in [1.54, 1.807) is 6.08 Å². The van der Waals surface area contributed by atoms with E-state index in [0.29, 0.717) is 13.2 Å². The summed E-state index contributed by atoms with van der Waals surface area (Å²) in [6, 6.07) is 13.0. The van der Waals surface area contributed by atoms with Crippen molar-refractivity contribution in [3.63, 3.8) is 0 Å². The van der Waals surface area contributed by atoms with Crippen LogP contribution in [-0.4, -0.2) is 46.2 Å². The Bertz CT molecular complexity index is 824. The van der Waals surface area contributed by atoms with Gasteiger partial charge in [0.1, 0.15) is 11.5 Å². The Hall–Kier alpha value is -1.93. The Morgan fingerprint density at radius 2 is 1.88 bits per heavy atom. The van der Waals surface area contributed by atoms with Crippen LogP contribution in [0.5, 0.6) is 0 Å². The van der Waals surface area contributed by atoms with Gasteiger partial charge in [0.05, 0.1) is 19.3 Å². The predicted octanol–water partition coefficient (Wildman–Crippen LogP) is 2.55. The van der Waals surface area contributed by atoms with E-state index < -0.39 is 10.0 Å². The standard InChI is InChI=1S/C19H24N2O4S/c1-16-7-8-19(25-16)18(21-10-12-24-13-11-21)15-20-26(22,23)14-9-17-5-3-2-4-6-17/h2-9,14,18,20H,10-13,15H2,1H3/b14-9+. The number of benzene rings is 1. The number of hydrogen-bond acceptors (Lipinski definition) is 5. The minimum absolute atomic E-state index is 0.160. The summed E-state index contributed by atoms with van der Waals surface area (Å²) in [7, 11) is -3.54. The van der Waals surface area contributed by atoms with Crippen molar-refractivity contribution >= 4 is 16.1 Å². The number of sulfonamides is 1. The summed E-state index contributed by atoms with van der Waals surface area (Å²) < 4.78 is 38.5. The lowest BCUT2D eigenvalue weighted by atomic mass is 10.2. The van der Waals surface area contributed by atoms with Gasteiger partial charge in [0.2, 0.25) is 10.0 Å². The van der Waals surface area contributed by atoms with Crippen LogP contribution in [0.4, 0.5) is 0 Å². The number of aryl methyl sites for hydroxylation is 1. The molecule has 1 unspecified atom stereocenters. The predicted molar refractivity (Wildman–Crippen MR) is 101 cm³/mol. The van der Waals surface area contributed by atoms with Gasteiger partial charge in [0.25, 0.3) is 0 Å². The summed E-state index contributed by atoms with van der Waals surface area (Å²) >= 11 is 0. The maximum Gasteiger partial charge on any atom is 0.233 e. The highest BCUT2D eigenvalue weighted by Gasteiger charge is 2.26. The van der Waals surface area contributed by atoms with Gasteiger partial charge in [0, 0.05) is 25.0 Å². The van der Waals surface area contributed by atoms with Crippen molar-refractivity contribution in [2.24, 2.45) is 0 Å². The third-order valence-corrected chi connectivity index (χ3v) is 5.36. The highest BCUT2D eigenvalue weighted by Crippen LogP contribution is 2.23. The maximum absolute atomic E-state index is 12.4. The second-order valence-electron chi connectivity index (χ2n) is 6.22. The third kappa shape index (κ3) is 5.28. The molecule has 3 rings (SSSR count). The molecule has 140 valence electrons. The van der Waals surface area contributed by atoms with E-state index in [2.05, 4.69) is 9.62 Å². The highest BCUT2D eigenvalue weighted by molar-refractivity contribution is 7.92. The second kappa shape index (κ2) is 8.64. The van der Waals surface area contributed by atoms with Gasteiger partial charge in [0.15, 0.2) is 0 Å². The smallest absolute Gasteiger partial charge is 0.233 e. The first-order valence-corrected chi connectivity index (χ1v) is 10.2. The maximum atomic E-state index is 12.4. The molecule has 2 aromatic rings. The molecule has 1 fully saturated rings. The number of morpholine rings is 1. The molecule has 0 aliphatic carbocycles. The first kappa shape index (κ1) is 18.8. The fourth-order valence-corrected chi connectivity index (χ4v) is 3.73. The fraction of sp³-hybridized carbons (Fsp3) is 0.368. The summed E-state index contributed by atoms with van der Waals surface area (Å²) in [6.07, 6.45) is 1.59. The number of hydrogen-bond donors (Lipinski definition) is 1. The van der Waals surface area contributed by atoms with Crippen molar-refractivity contribution < 1.29 is 17.6 Å². The Balaban J connectivity index is 1.69. The molecule has 7 heteroatoms. The molecule has 1 atom stereocenters. The van der Waals surface area contributed by atoms with E-state index in [4.69, 9.17) is 9.15 Å². The summed E-state index contributed by atoms with van der Waals surface area (Å²) in [5.74, 6) is 1.57. The normalized spacial score (nSPS) is 17.6. The van der Waals surface area contributed by atoms with Crippen molar-refractivity contribution in [1.29, 1.82) is 0 Å². The number of rotatable bonds is 7. The van der Waals surface area contributed by atoms with Crippen LogP contribution in [-0.2, 0) is 14.8 Å². The van der Waals surface area contributed by atoms with Gasteiger partial charge in [-0.15, -0.1) is 0 Å². The van der Waals surface area contributed by atoms with Gasteiger partial charge in [-0.2, -0.15) is 0 Å². The van der Waals surface area contributed by atoms with Crippen molar-refractivity contribution in [2.45, 2.75) is 13.0 Å². The van der Waals surface area contributed by atoms with Crippen molar-refractivity contribution in [1.82, 2.24) is 9.62 Å². The van der Waals surface area contributed by atoms with Crippen LogP contribution in [0.15, 0.2) is 52.3 Å². The summed E-state index contributed by atoms with van der Waals surface area (Å²) in [4.78, 5) is 2.19. The summed E-state index contributed by atoms with van der Waals surface area (Å²) in [5.41, 5.74) is 0.837. The third-order valence-electron chi connectivity index (χ3n) is 4.29. The SMILES string of the molecule is Cc1ccc(C(CNS(=O)(=O)/C=C/c2ccccc2)N2CCOCC2)o1. The molecule has 1 N–H and O–H groups in total. The van der Waals surface area contributed by atoms with E-state index in [1.807, 2.05) is 49.4 Å². The van der Waals surface area contributed by atoms with Crippen LogP contribution in [0.2, 0.25) is 0 Å². The fourth-order valence-electron chi connectivity index (χ4n) is 2.91. The van der Waals surface area contributed by atoms with E-state index in [0.717, 1.165) is 30.2 Å². The number of nitrogens with zero attached hydrogens (tertiary/aromatic N) is 1. The van der Waals surface area contributed by atoms with Gasteiger partial charge in [-0.05, 0) is 30.7 Å². The number of nitrogens with one attached hydrogen (secondary N) is 1. The molecule has 1 aliphatic rings. The molecule has 0 spiro atoms. The number of ether oxygens (including phenoxy) is 1. The lowest BCUT2D eigenvalue weighted by Crippen LogP contribution is -2.43. The summed E-state index contributed by atoms with van der Waals surface area (Å²) in [6.45, 7) is 4.88. The molecular formula is C19H24N2O4S. The van der Waals surface area contributed by atoms with Crippen LogP contribution >= 0.6 is 0 Å². The molecule has 26 heavy (non-hydrogen) atoms.